The molecule has 0 radical (unpaired) electrons. The van der Waals surface area contributed by atoms with Crippen LogP contribution < -0.4 is 11.0 Å². The number of hydrogen-bond donors (Lipinski definition) is 4. The third kappa shape index (κ3) is 1.63. The molecule has 0 fully saturated rings. The summed E-state index contributed by atoms with van der Waals surface area (Å²) in [5.74, 6) is -1.21. The lowest BCUT2D eigenvalue weighted by Gasteiger charge is -1.97. The van der Waals surface area contributed by atoms with Gasteiger partial charge in [0, 0.05) is 27.6 Å². The number of rotatable bonds is 0. The fraction of sp³-hybridized carbons (Fsp3) is 0. The van der Waals surface area contributed by atoms with E-state index in [1.807, 2.05) is 0 Å². The molecule has 0 bridgehead atoms. The number of hydrogen-bond acceptors (Lipinski definition) is 6. The summed E-state index contributed by atoms with van der Waals surface area (Å²) in [4.78, 5) is 31.2. The molecule has 0 unspecified atom stereocenters. The molecule has 7 heteroatoms. The van der Waals surface area contributed by atoms with Crippen LogP contribution in [-0.2, 0) is 0 Å². The summed E-state index contributed by atoms with van der Waals surface area (Å²) in [6, 6.07) is 9.25. The molecule has 3 aromatic carbocycles. The number of nitrogens with one attached hydrogen (secondary N) is 1. The van der Waals surface area contributed by atoms with Gasteiger partial charge in [-0.2, -0.15) is 0 Å². The normalized spacial score (nSPS) is 11.8. The van der Waals surface area contributed by atoms with E-state index in [0.717, 1.165) is 12.1 Å². The van der Waals surface area contributed by atoms with E-state index in [9.17, 15) is 24.9 Å². The van der Waals surface area contributed by atoms with E-state index in [1.54, 1.807) is 24.3 Å². The second-order valence-corrected chi connectivity index (χ2v) is 6.12. The molecular weight excluding hydrogens is 336 g/mol. The Hall–Kier alpha value is -3.87. The van der Waals surface area contributed by atoms with Gasteiger partial charge >= 0.3 is 0 Å². The maximum Gasteiger partial charge on any atom is 0.259 e. The molecule has 0 saturated heterocycles. The molecule has 0 aliphatic carbocycles. The summed E-state index contributed by atoms with van der Waals surface area (Å²) < 4.78 is 0. The molecular formula is C19H10N2O5. The number of H-pyrrole nitrogens is 1. The maximum absolute atomic E-state index is 12.5. The van der Waals surface area contributed by atoms with Gasteiger partial charge in [0.1, 0.15) is 11.3 Å². The third-order valence-electron chi connectivity index (χ3n) is 4.69. The first-order valence-electron chi connectivity index (χ1n) is 7.76. The largest absolute Gasteiger partial charge is 0.505 e. The fourth-order valence-corrected chi connectivity index (χ4v) is 3.57. The summed E-state index contributed by atoms with van der Waals surface area (Å²) in [6.07, 6.45) is 0. The van der Waals surface area contributed by atoms with Crippen molar-refractivity contribution in [2.45, 2.75) is 0 Å². The van der Waals surface area contributed by atoms with Gasteiger partial charge in [0.05, 0.1) is 16.3 Å². The number of phenols is 1. The molecule has 5 aromatic rings. The zero-order chi connectivity index (χ0) is 18.2. The van der Waals surface area contributed by atoms with E-state index in [1.165, 1.54) is 0 Å². The Morgan fingerprint density at radius 2 is 1.62 bits per heavy atom. The molecule has 2 heterocycles. The summed E-state index contributed by atoms with van der Waals surface area (Å²) >= 11 is 0. The summed E-state index contributed by atoms with van der Waals surface area (Å²) in [5.41, 5.74) is -0.551. The minimum atomic E-state index is -0.691. The van der Waals surface area contributed by atoms with Gasteiger partial charge in [-0.3, -0.25) is 14.6 Å². The maximum atomic E-state index is 12.5. The molecule has 2 aromatic heterocycles. The average molecular weight is 346 g/mol. The highest BCUT2D eigenvalue weighted by molar-refractivity contribution is 6.28. The van der Waals surface area contributed by atoms with Crippen LogP contribution >= 0.6 is 0 Å². The fourth-order valence-electron chi connectivity index (χ4n) is 3.57. The molecule has 126 valence electrons. The smallest absolute Gasteiger partial charge is 0.259 e. The number of phenolic OH excluding ortho intramolecular Hbond substituents is 1. The Morgan fingerprint density at radius 1 is 0.846 bits per heavy atom. The van der Waals surface area contributed by atoms with Crippen LogP contribution in [0.15, 0.2) is 46.0 Å². The Bertz CT molecular complexity index is 1500. The van der Waals surface area contributed by atoms with E-state index >= 15 is 0 Å². The van der Waals surface area contributed by atoms with Gasteiger partial charge in [-0.25, -0.2) is 4.98 Å². The van der Waals surface area contributed by atoms with Crippen molar-refractivity contribution in [1.82, 2.24) is 9.97 Å². The van der Waals surface area contributed by atoms with Crippen LogP contribution in [-0.4, -0.2) is 25.3 Å². The summed E-state index contributed by atoms with van der Waals surface area (Å²) in [5, 5.41) is 32.5. The number of fused-ring (bicyclic) bond motifs is 7. The first-order chi connectivity index (χ1) is 12.5. The lowest BCUT2D eigenvalue weighted by Crippen LogP contribution is -2.00. The first-order valence-corrected chi connectivity index (χ1v) is 7.76. The van der Waals surface area contributed by atoms with Crippen LogP contribution in [0, 0.1) is 0 Å². The van der Waals surface area contributed by atoms with Gasteiger partial charge in [-0.1, -0.05) is 18.2 Å². The highest BCUT2D eigenvalue weighted by Gasteiger charge is 2.21. The highest BCUT2D eigenvalue weighted by Crippen LogP contribution is 2.42. The molecule has 7 nitrogen and oxygen atoms in total. The van der Waals surface area contributed by atoms with E-state index in [2.05, 4.69) is 9.97 Å². The lowest BCUT2D eigenvalue weighted by atomic mass is 10.1. The number of aromatic nitrogens is 2. The zero-order valence-corrected chi connectivity index (χ0v) is 13.1. The monoisotopic (exact) mass is 346 g/mol. The van der Waals surface area contributed by atoms with Crippen molar-refractivity contribution < 1.29 is 15.3 Å². The topological polar surface area (TPSA) is 124 Å². The molecule has 26 heavy (non-hydrogen) atoms. The predicted molar refractivity (Wildman–Crippen MR) is 97.3 cm³/mol. The Balaban J connectivity index is 2.31. The van der Waals surface area contributed by atoms with Crippen molar-refractivity contribution in [3.05, 3.63) is 57.0 Å². The van der Waals surface area contributed by atoms with Crippen molar-refractivity contribution in [2.24, 2.45) is 0 Å². The second-order valence-electron chi connectivity index (χ2n) is 6.12. The lowest BCUT2D eigenvalue weighted by molar-refractivity contribution is 0.462. The van der Waals surface area contributed by atoms with Crippen molar-refractivity contribution in [3.63, 3.8) is 0 Å². The molecule has 4 N–H and O–H groups in total. The van der Waals surface area contributed by atoms with Gasteiger partial charge in [0.2, 0.25) is 5.43 Å². The minimum Gasteiger partial charge on any atom is -0.505 e. The molecule has 0 aliphatic rings. The second kappa shape index (κ2) is 4.60. The van der Waals surface area contributed by atoms with Crippen molar-refractivity contribution in [3.8, 4) is 17.4 Å². The van der Waals surface area contributed by atoms with Crippen molar-refractivity contribution in [2.75, 3.05) is 0 Å². The van der Waals surface area contributed by atoms with E-state index in [0.29, 0.717) is 16.3 Å². The van der Waals surface area contributed by atoms with E-state index in [4.69, 9.17) is 0 Å². The summed E-state index contributed by atoms with van der Waals surface area (Å²) in [7, 11) is 0. The standard InChI is InChI=1S/C19H10N2O5/c22-11-5-8-9(6-12(11)23)17(24)16-13(7-3-1-2-4-10(7)20-16)15-14(8)18(25)21-19(15)26/h1-6,22,24,26H,(H,21,25). The van der Waals surface area contributed by atoms with Gasteiger partial charge < -0.3 is 15.3 Å². The minimum absolute atomic E-state index is 0.0660. The predicted octanol–water partition coefficient (Wildman–Crippen LogP) is 2.30. The van der Waals surface area contributed by atoms with E-state index < -0.39 is 16.7 Å². The van der Waals surface area contributed by atoms with Gasteiger partial charge in [-0.15, -0.1) is 0 Å². The zero-order valence-electron chi connectivity index (χ0n) is 13.1. The molecule has 0 amide bonds. The van der Waals surface area contributed by atoms with E-state index in [-0.39, 0.29) is 38.7 Å². The Kier molecular flexibility index (Phi) is 2.56. The molecule has 0 aliphatic heterocycles. The van der Waals surface area contributed by atoms with Crippen LogP contribution in [0.3, 0.4) is 0 Å². The Morgan fingerprint density at radius 3 is 2.42 bits per heavy atom. The third-order valence-corrected chi connectivity index (χ3v) is 4.69. The molecule has 0 saturated carbocycles. The molecule has 0 spiro atoms. The van der Waals surface area contributed by atoms with Crippen LogP contribution in [0.4, 0.5) is 0 Å². The Labute approximate surface area is 143 Å². The van der Waals surface area contributed by atoms with Gasteiger partial charge in [0.25, 0.3) is 5.56 Å². The van der Waals surface area contributed by atoms with Crippen molar-refractivity contribution in [1.29, 1.82) is 0 Å². The van der Waals surface area contributed by atoms with Gasteiger partial charge in [0.15, 0.2) is 11.6 Å². The van der Waals surface area contributed by atoms with Crippen molar-refractivity contribution >= 4 is 43.4 Å². The van der Waals surface area contributed by atoms with Crippen LogP contribution in [0.25, 0.3) is 43.4 Å². The quantitative estimate of drug-likeness (QED) is 0.341. The molecule has 5 rings (SSSR count). The van der Waals surface area contributed by atoms with Gasteiger partial charge in [-0.05, 0) is 12.1 Å². The van der Waals surface area contributed by atoms with Crippen LogP contribution in [0.2, 0.25) is 0 Å². The first kappa shape index (κ1) is 14.5. The molecule has 0 atom stereocenters. The number of benzene rings is 2. The number of aromatic amines is 1. The SMILES string of the molecule is O=c1cc2c(O)c3nc4ccccc4c3c3c(O)[nH]c(=O)c3c2cc1O. The van der Waals surface area contributed by atoms with Crippen LogP contribution in [0.1, 0.15) is 0 Å². The number of para-hydroxylation sites is 1. The highest BCUT2D eigenvalue weighted by atomic mass is 16.3. The van der Waals surface area contributed by atoms with Crippen LogP contribution in [0.5, 0.6) is 17.4 Å². The summed E-state index contributed by atoms with van der Waals surface area (Å²) in [6.45, 7) is 0. The average Bonchev–Trinajstić information content (AvgIpc) is 3.09. The number of aromatic hydroxyl groups is 3. The number of nitrogens with zero attached hydrogens (tertiary/aromatic N) is 1.